The highest BCUT2D eigenvalue weighted by Gasteiger charge is 2.32. The molecule has 1 heterocycles. The number of benzene rings is 1. The molecule has 0 unspecified atom stereocenters. The summed E-state index contributed by atoms with van der Waals surface area (Å²) in [4.78, 5) is 12.1. The summed E-state index contributed by atoms with van der Waals surface area (Å²) in [5.41, 5.74) is 7.67. The van der Waals surface area contributed by atoms with Crippen molar-refractivity contribution >= 4 is 11.6 Å². The van der Waals surface area contributed by atoms with Crippen LogP contribution in [0.4, 0.5) is 5.69 Å². The number of carbonyl (C=O) groups is 1. The Morgan fingerprint density at radius 3 is 2.75 bits per heavy atom. The SMILES string of the molecule is Cc1ccc(C(=O)NCC2(CO)CCOCC2)cc1N. The summed E-state index contributed by atoms with van der Waals surface area (Å²) >= 11 is 0. The van der Waals surface area contributed by atoms with Crippen LogP contribution in [0.15, 0.2) is 18.2 Å². The molecule has 110 valence electrons. The van der Waals surface area contributed by atoms with Crippen LogP contribution in [0, 0.1) is 12.3 Å². The molecular weight excluding hydrogens is 256 g/mol. The van der Waals surface area contributed by atoms with E-state index in [-0.39, 0.29) is 17.9 Å². The van der Waals surface area contributed by atoms with Crippen LogP contribution in [-0.4, -0.2) is 37.4 Å². The van der Waals surface area contributed by atoms with Crippen molar-refractivity contribution in [2.75, 3.05) is 32.1 Å². The summed E-state index contributed by atoms with van der Waals surface area (Å²) < 4.78 is 5.31. The van der Waals surface area contributed by atoms with Crippen molar-refractivity contribution in [1.29, 1.82) is 0 Å². The molecule has 0 atom stereocenters. The molecule has 2 rings (SSSR count). The first kappa shape index (κ1) is 14.8. The van der Waals surface area contributed by atoms with Crippen LogP contribution < -0.4 is 11.1 Å². The lowest BCUT2D eigenvalue weighted by molar-refractivity contribution is -0.0146. The van der Waals surface area contributed by atoms with Gasteiger partial charge >= 0.3 is 0 Å². The molecule has 5 nitrogen and oxygen atoms in total. The van der Waals surface area contributed by atoms with Crippen molar-refractivity contribution in [3.05, 3.63) is 29.3 Å². The predicted octanol–water partition coefficient (Wildman–Crippen LogP) is 1.10. The summed E-state index contributed by atoms with van der Waals surface area (Å²) in [6.45, 7) is 3.69. The van der Waals surface area contributed by atoms with Crippen LogP contribution in [-0.2, 0) is 4.74 Å². The summed E-state index contributed by atoms with van der Waals surface area (Å²) in [7, 11) is 0. The highest BCUT2D eigenvalue weighted by atomic mass is 16.5. The fourth-order valence-corrected chi connectivity index (χ4v) is 2.35. The van der Waals surface area contributed by atoms with Gasteiger partial charge in [-0.25, -0.2) is 0 Å². The zero-order valence-corrected chi connectivity index (χ0v) is 11.8. The number of aryl methyl sites for hydroxylation is 1. The molecule has 4 N–H and O–H groups in total. The minimum absolute atomic E-state index is 0.0622. The van der Waals surface area contributed by atoms with Gasteiger partial charge in [0.2, 0.25) is 0 Å². The molecule has 1 aromatic rings. The maximum Gasteiger partial charge on any atom is 0.251 e. The molecule has 20 heavy (non-hydrogen) atoms. The number of hydrogen-bond donors (Lipinski definition) is 3. The van der Waals surface area contributed by atoms with Crippen LogP contribution in [0.3, 0.4) is 0 Å². The van der Waals surface area contributed by atoms with Gasteiger partial charge < -0.3 is 20.9 Å². The normalized spacial score (nSPS) is 17.7. The predicted molar refractivity (Wildman–Crippen MR) is 77.5 cm³/mol. The second kappa shape index (κ2) is 6.24. The Kier molecular flexibility index (Phi) is 4.62. The van der Waals surface area contributed by atoms with Crippen molar-refractivity contribution in [1.82, 2.24) is 5.32 Å². The van der Waals surface area contributed by atoms with E-state index in [4.69, 9.17) is 10.5 Å². The maximum absolute atomic E-state index is 12.1. The third kappa shape index (κ3) is 3.29. The maximum atomic E-state index is 12.1. The average molecular weight is 278 g/mol. The number of ether oxygens (including phenoxy) is 1. The van der Waals surface area contributed by atoms with Crippen molar-refractivity contribution in [3.63, 3.8) is 0 Å². The van der Waals surface area contributed by atoms with E-state index in [1.54, 1.807) is 12.1 Å². The summed E-state index contributed by atoms with van der Waals surface area (Å²) in [6.07, 6.45) is 1.53. The first-order valence-corrected chi connectivity index (χ1v) is 6.89. The van der Waals surface area contributed by atoms with E-state index in [2.05, 4.69) is 5.32 Å². The topological polar surface area (TPSA) is 84.6 Å². The highest BCUT2D eigenvalue weighted by Crippen LogP contribution is 2.29. The molecule has 1 fully saturated rings. The molecule has 0 saturated carbocycles. The Bertz CT molecular complexity index is 482. The molecule has 1 aliphatic heterocycles. The minimum Gasteiger partial charge on any atom is -0.398 e. The minimum atomic E-state index is -0.260. The van der Waals surface area contributed by atoms with Crippen LogP contribution in [0.25, 0.3) is 0 Å². The number of anilines is 1. The molecule has 0 radical (unpaired) electrons. The van der Waals surface area contributed by atoms with Crippen LogP contribution >= 0.6 is 0 Å². The van der Waals surface area contributed by atoms with Crippen molar-refractivity contribution < 1.29 is 14.6 Å². The number of rotatable bonds is 4. The molecule has 1 aliphatic rings. The van der Waals surface area contributed by atoms with E-state index in [0.717, 1.165) is 18.4 Å². The molecule has 0 aromatic heterocycles. The van der Waals surface area contributed by atoms with Gasteiger partial charge in [0.25, 0.3) is 5.91 Å². The van der Waals surface area contributed by atoms with E-state index < -0.39 is 0 Å². The first-order chi connectivity index (χ1) is 9.56. The van der Waals surface area contributed by atoms with E-state index >= 15 is 0 Å². The van der Waals surface area contributed by atoms with Gasteiger partial charge in [0.15, 0.2) is 0 Å². The Morgan fingerprint density at radius 1 is 1.45 bits per heavy atom. The van der Waals surface area contributed by atoms with Crippen LogP contribution in [0.5, 0.6) is 0 Å². The summed E-state index contributed by atoms with van der Waals surface area (Å²) in [5.74, 6) is -0.156. The fourth-order valence-electron chi connectivity index (χ4n) is 2.35. The Labute approximate surface area is 119 Å². The molecule has 0 aliphatic carbocycles. The van der Waals surface area contributed by atoms with Gasteiger partial charge in [-0.3, -0.25) is 4.79 Å². The van der Waals surface area contributed by atoms with Crippen LogP contribution in [0.1, 0.15) is 28.8 Å². The number of aliphatic hydroxyl groups excluding tert-OH is 1. The van der Waals surface area contributed by atoms with Gasteiger partial charge in [0.1, 0.15) is 0 Å². The fraction of sp³-hybridized carbons (Fsp3) is 0.533. The van der Waals surface area contributed by atoms with Gasteiger partial charge in [-0.15, -0.1) is 0 Å². The lowest BCUT2D eigenvalue weighted by Crippen LogP contribution is -2.43. The van der Waals surface area contributed by atoms with E-state index in [9.17, 15) is 9.90 Å². The first-order valence-electron chi connectivity index (χ1n) is 6.89. The second-order valence-electron chi connectivity index (χ2n) is 5.52. The number of hydrogen-bond acceptors (Lipinski definition) is 4. The number of carbonyl (C=O) groups excluding carboxylic acids is 1. The average Bonchev–Trinajstić information content (AvgIpc) is 2.48. The molecule has 1 saturated heterocycles. The smallest absolute Gasteiger partial charge is 0.251 e. The van der Waals surface area contributed by atoms with Crippen molar-refractivity contribution in [3.8, 4) is 0 Å². The molecule has 1 amide bonds. The van der Waals surface area contributed by atoms with Crippen molar-refractivity contribution in [2.45, 2.75) is 19.8 Å². The second-order valence-corrected chi connectivity index (χ2v) is 5.52. The molecular formula is C15H22N2O3. The standard InChI is InChI=1S/C15H22N2O3/c1-11-2-3-12(8-13(11)16)14(19)17-9-15(10-18)4-6-20-7-5-15/h2-3,8,18H,4-7,9-10,16H2,1H3,(H,17,19). The van der Waals surface area contributed by atoms with Gasteiger partial charge in [-0.1, -0.05) is 6.07 Å². The molecule has 0 spiro atoms. The largest absolute Gasteiger partial charge is 0.398 e. The van der Waals surface area contributed by atoms with Gasteiger partial charge in [-0.2, -0.15) is 0 Å². The van der Waals surface area contributed by atoms with E-state index in [0.29, 0.717) is 31.0 Å². The van der Waals surface area contributed by atoms with Crippen molar-refractivity contribution in [2.24, 2.45) is 5.41 Å². The number of aliphatic hydroxyl groups is 1. The molecule has 0 bridgehead atoms. The monoisotopic (exact) mass is 278 g/mol. The zero-order valence-electron chi connectivity index (χ0n) is 11.8. The third-order valence-electron chi connectivity index (χ3n) is 4.05. The van der Waals surface area contributed by atoms with Gasteiger partial charge in [-0.05, 0) is 37.5 Å². The summed E-state index contributed by atoms with van der Waals surface area (Å²) in [5, 5.41) is 12.5. The van der Waals surface area contributed by atoms with E-state index in [1.807, 2.05) is 13.0 Å². The van der Waals surface area contributed by atoms with Gasteiger partial charge in [0.05, 0.1) is 6.61 Å². The molecule has 1 aromatic carbocycles. The number of nitrogens with one attached hydrogen (secondary N) is 1. The highest BCUT2D eigenvalue weighted by molar-refractivity contribution is 5.95. The zero-order chi connectivity index (χ0) is 14.6. The lowest BCUT2D eigenvalue weighted by atomic mass is 9.81. The van der Waals surface area contributed by atoms with Crippen LogP contribution in [0.2, 0.25) is 0 Å². The Morgan fingerprint density at radius 2 is 2.15 bits per heavy atom. The Hall–Kier alpha value is -1.59. The third-order valence-corrected chi connectivity index (χ3v) is 4.05. The summed E-state index contributed by atoms with van der Waals surface area (Å²) in [6, 6.07) is 5.28. The number of nitrogens with two attached hydrogens (primary N) is 1. The Balaban J connectivity index is 1.98. The van der Waals surface area contributed by atoms with Gasteiger partial charge in [0, 0.05) is 36.4 Å². The number of nitrogen functional groups attached to an aromatic ring is 1. The molecule has 5 heteroatoms. The quantitative estimate of drug-likeness (QED) is 0.720. The lowest BCUT2D eigenvalue weighted by Gasteiger charge is -2.35. The van der Waals surface area contributed by atoms with E-state index in [1.165, 1.54) is 0 Å². The number of amides is 1.